The minimum absolute atomic E-state index is 0.00443. The lowest BCUT2D eigenvalue weighted by molar-refractivity contribution is -0.133. The van der Waals surface area contributed by atoms with E-state index in [9.17, 15) is 19.2 Å². The fraction of sp³-hybridized carbons (Fsp3) is 0.375. The second-order valence-corrected chi connectivity index (χ2v) is 8.15. The number of halogens is 1. The Labute approximate surface area is 195 Å². The smallest absolute Gasteiger partial charge is 0.408 e. The van der Waals surface area contributed by atoms with Crippen LogP contribution in [0.1, 0.15) is 5.56 Å². The highest BCUT2D eigenvalue weighted by Gasteiger charge is 2.26. The summed E-state index contributed by atoms with van der Waals surface area (Å²) in [5.41, 5.74) is 2.68. The Hall–Kier alpha value is -3.52. The average molecular weight is 468 g/mol. The molecule has 0 radical (unpaired) electrons. The number of nitriles is 1. The number of carbonyl (C=O) groups excluding carboxylic acids is 1. The minimum Gasteiger partial charge on any atom is -0.408 e. The van der Waals surface area contributed by atoms with Gasteiger partial charge in [-0.3, -0.25) is 9.36 Å². The van der Waals surface area contributed by atoms with Crippen molar-refractivity contribution in [3.8, 4) is 17.2 Å². The second-order valence-electron chi connectivity index (χ2n) is 8.15. The molecule has 2 aromatic carbocycles. The molecule has 0 aliphatic carbocycles. The number of methoxy groups -OCH3 is 1. The number of amides is 1. The standard InChI is InChI=1S/C24H25FN4O5/c1-29-20-9-15(5-6-21(20)34-24(29)31)14-3-4-16(19(25)8-14)7-17(10-26)28-23(30)22-12-27-11-18(32-2)13-33-22/h3-6,8-9,17-18,22,27H,7,11-13H2,1-2H3,(H,28,30)/t17-,18+,22-/m0/s1. The molecule has 3 aromatic rings. The zero-order chi connectivity index (χ0) is 24.2. The summed E-state index contributed by atoms with van der Waals surface area (Å²) in [5, 5.41) is 15.2. The molecular formula is C24H25FN4O5. The van der Waals surface area contributed by atoms with Gasteiger partial charge in [0, 0.05) is 33.7 Å². The molecule has 0 unspecified atom stereocenters. The summed E-state index contributed by atoms with van der Waals surface area (Å²) in [6, 6.07) is 10.9. The van der Waals surface area contributed by atoms with Gasteiger partial charge in [-0.15, -0.1) is 0 Å². The number of hydrogen-bond acceptors (Lipinski definition) is 7. The number of benzene rings is 2. The molecule has 2 N–H and O–H groups in total. The first-order valence-corrected chi connectivity index (χ1v) is 10.8. The molecule has 1 aromatic heterocycles. The zero-order valence-corrected chi connectivity index (χ0v) is 18.8. The van der Waals surface area contributed by atoms with Crippen molar-refractivity contribution in [2.45, 2.75) is 24.7 Å². The highest BCUT2D eigenvalue weighted by Crippen LogP contribution is 2.26. The third-order valence-electron chi connectivity index (χ3n) is 5.88. The number of carbonyl (C=O) groups is 1. The van der Waals surface area contributed by atoms with Crippen molar-refractivity contribution in [1.29, 1.82) is 5.26 Å². The molecule has 0 saturated carbocycles. The quantitative estimate of drug-likeness (QED) is 0.563. The summed E-state index contributed by atoms with van der Waals surface area (Å²) < 4.78 is 32.2. The number of nitrogens with zero attached hydrogens (tertiary/aromatic N) is 2. The highest BCUT2D eigenvalue weighted by molar-refractivity contribution is 5.82. The van der Waals surface area contributed by atoms with E-state index in [0.717, 1.165) is 0 Å². The Morgan fingerprint density at radius 1 is 1.32 bits per heavy atom. The molecule has 0 spiro atoms. The molecule has 10 heteroatoms. The van der Waals surface area contributed by atoms with Crippen LogP contribution in [0.5, 0.6) is 0 Å². The predicted octanol–water partition coefficient (Wildman–Crippen LogP) is 1.49. The van der Waals surface area contributed by atoms with Gasteiger partial charge in [-0.2, -0.15) is 5.26 Å². The normalized spacial score (nSPS) is 19.4. The van der Waals surface area contributed by atoms with Crippen LogP contribution in [0, 0.1) is 17.1 Å². The Morgan fingerprint density at radius 2 is 2.09 bits per heavy atom. The molecule has 4 rings (SSSR count). The van der Waals surface area contributed by atoms with Gasteiger partial charge in [0.15, 0.2) is 5.58 Å². The van der Waals surface area contributed by atoms with Crippen LogP contribution < -0.4 is 16.4 Å². The molecule has 1 aliphatic rings. The van der Waals surface area contributed by atoms with Crippen molar-refractivity contribution >= 4 is 17.0 Å². The summed E-state index contributed by atoms with van der Waals surface area (Å²) in [6.07, 6.45) is -0.918. The molecule has 2 heterocycles. The van der Waals surface area contributed by atoms with E-state index in [4.69, 9.17) is 13.9 Å². The van der Waals surface area contributed by atoms with Crippen LogP contribution in [0.2, 0.25) is 0 Å². The van der Waals surface area contributed by atoms with Crippen LogP contribution in [0.3, 0.4) is 0 Å². The minimum atomic E-state index is -0.922. The number of aromatic nitrogens is 1. The van der Waals surface area contributed by atoms with Crippen LogP contribution in [0.25, 0.3) is 22.2 Å². The summed E-state index contributed by atoms with van der Waals surface area (Å²) in [6.45, 7) is 1.11. The van der Waals surface area contributed by atoms with Gasteiger partial charge in [0.2, 0.25) is 0 Å². The van der Waals surface area contributed by atoms with Crippen molar-refractivity contribution < 1.29 is 23.1 Å². The van der Waals surface area contributed by atoms with Gasteiger partial charge >= 0.3 is 5.76 Å². The molecule has 1 saturated heterocycles. The Kier molecular flexibility index (Phi) is 7.07. The number of nitrogens with one attached hydrogen (secondary N) is 2. The van der Waals surface area contributed by atoms with Gasteiger partial charge in [0.05, 0.1) is 24.3 Å². The molecule has 0 bridgehead atoms. The van der Waals surface area contributed by atoms with Crippen molar-refractivity contribution in [1.82, 2.24) is 15.2 Å². The van der Waals surface area contributed by atoms with Gasteiger partial charge in [-0.05, 0) is 34.9 Å². The predicted molar refractivity (Wildman–Crippen MR) is 122 cm³/mol. The van der Waals surface area contributed by atoms with Crippen LogP contribution in [0.15, 0.2) is 45.6 Å². The summed E-state index contributed by atoms with van der Waals surface area (Å²) in [5.74, 6) is -1.41. The number of oxazole rings is 1. The number of ether oxygens (including phenoxy) is 2. The molecule has 34 heavy (non-hydrogen) atoms. The lowest BCUT2D eigenvalue weighted by atomic mass is 10.00. The van der Waals surface area contributed by atoms with Crippen LogP contribution in [-0.4, -0.2) is 55.5 Å². The molecule has 1 amide bonds. The lowest BCUT2D eigenvalue weighted by Gasteiger charge is -2.18. The third kappa shape index (κ3) is 5.02. The van der Waals surface area contributed by atoms with Gasteiger partial charge in [-0.1, -0.05) is 18.2 Å². The van der Waals surface area contributed by atoms with Crippen LogP contribution in [0.4, 0.5) is 4.39 Å². The van der Waals surface area contributed by atoms with E-state index in [0.29, 0.717) is 40.9 Å². The van der Waals surface area contributed by atoms with Crippen molar-refractivity contribution in [2.24, 2.45) is 7.05 Å². The topological polar surface area (TPSA) is 119 Å². The maximum atomic E-state index is 14.9. The van der Waals surface area contributed by atoms with Crippen LogP contribution >= 0.6 is 0 Å². The van der Waals surface area contributed by atoms with Gasteiger partial charge in [0.25, 0.3) is 5.91 Å². The molecule has 1 fully saturated rings. The fourth-order valence-corrected chi connectivity index (χ4v) is 3.85. The first kappa shape index (κ1) is 23.6. The van der Waals surface area contributed by atoms with Crippen LogP contribution in [-0.2, 0) is 27.7 Å². The van der Waals surface area contributed by atoms with E-state index < -0.39 is 29.6 Å². The number of rotatable bonds is 6. The van der Waals surface area contributed by atoms with E-state index in [2.05, 4.69) is 10.6 Å². The molecular weight excluding hydrogens is 443 g/mol. The Bertz CT molecular complexity index is 1290. The fourth-order valence-electron chi connectivity index (χ4n) is 3.85. The van der Waals surface area contributed by atoms with E-state index in [1.807, 2.05) is 6.07 Å². The highest BCUT2D eigenvalue weighted by atomic mass is 19.1. The van der Waals surface area contributed by atoms with Crippen molar-refractivity contribution in [2.75, 3.05) is 26.8 Å². The lowest BCUT2D eigenvalue weighted by Crippen LogP contribution is -2.46. The Morgan fingerprint density at radius 3 is 2.82 bits per heavy atom. The van der Waals surface area contributed by atoms with Gasteiger partial charge in [-0.25, -0.2) is 9.18 Å². The first-order valence-electron chi connectivity index (χ1n) is 10.8. The van der Waals surface area contributed by atoms with E-state index in [1.54, 1.807) is 44.5 Å². The maximum absolute atomic E-state index is 14.9. The monoisotopic (exact) mass is 468 g/mol. The molecule has 178 valence electrons. The van der Waals surface area contributed by atoms with Crippen molar-refractivity contribution in [3.05, 3.63) is 58.3 Å². The third-order valence-corrected chi connectivity index (χ3v) is 5.88. The summed E-state index contributed by atoms with van der Waals surface area (Å²) >= 11 is 0. The van der Waals surface area contributed by atoms with Gasteiger partial charge in [0.1, 0.15) is 18.0 Å². The second kappa shape index (κ2) is 10.2. The summed E-state index contributed by atoms with van der Waals surface area (Å²) in [7, 11) is 3.17. The number of hydrogen-bond donors (Lipinski definition) is 2. The summed E-state index contributed by atoms with van der Waals surface area (Å²) in [4.78, 5) is 24.3. The zero-order valence-electron chi connectivity index (χ0n) is 18.8. The number of aryl methyl sites for hydroxylation is 1. The molecule has 9 nitrogen and oxygen atoms in total. The largest absolute Gasteiger partial charge is 0.419 e. The van der Waals surface area contributed by atoms with E-state index in [-0.39, 0.29) is 19.1 Å². The molecule has 1 aliphatic heterocycles. The van der Waals surface area contributed by atoms with E-state index >= 15 is 0 Å². The first-order chi connectivity index (χ1) is 16.4. The van der Waals surface area contributed by atoms with Crippen molar-refractivity contribution in [3.63, 3.8) is 0 Å². The molecule has 3 atom stereocenters. The average Bonchev–Trinajstić information content (AvgIpc) is 3.00. The SMILES string of the molecule is CO[C@@H]1CNC[C@@H](C(=O)N[C@H](C#N)Cc2ccc(-c3ccc4oc(=O)n(C)c4c3)cc2F)OC1. The van der Waals surface area contributed by atoms with Gasteiger partial charge < -0.3 is 24.5 Å². The maximum Gasteiger partial charge on any atom is 0.419 e. The van der Waals surface area contributed by atoms with E-state index in [1.165, 1.54) is 10.6 Å². The number of fused-ring (bicyclic) bond motifs is 1. The Balaban J connectivity index is 1.45.